The summed E-state index contributed by atoms with van der Waals surface area (Å²) in [6.07, 6.45) is 6.03. The van der Waals surface area contributed by atoms with E-state index in [0.717, 1.165) is 36.5 Å². The van der Waals surface area contributed by atoms with Crippen LogP contribution in [0.3, 0.4) is 0 Å². The summed E-state index contributed by atoms with van der Waals surface area (Å²) in [6.45, 7) is 16.8. The Morgan fingerprint density at radius 3 is 2.23 bits per heavy atom. The lowest BCUT2D eigenvalue weighted by atomic mass is 10.0. The molecule has 0 radical (unpaired) electrons. The molecule has 0 saturated carbocycles. The zero-order valence-corrected chi connectivity index (χ0v) is 21.4. The molecule has 2 nitrogen and oxygen atoms in total. The molecule has 0 amide bonds. The second-order valence-electron chi connectivity index (χ2n) is 8.56. The van der Waals surface area contributed by atoms with Crippen LogP contribution in [0, 0.1) is 19.7 Å². The fraction of sp³-hybridized carbons (Fsp3) is 0.219. The van der Waals surface area contributed by atoms with Crippen LogP contribution in [0.1, 0.15) is 36.1 Å². The van der Waals surface area contributed by atoms with Crippen LogP contribution < -0.4 is 5.32 Å². The van der Waals surface area contributed by atoms with Crippen molar-refractivity contribution >= 4 is 11.4 Å². The summed E-state index contributed by atoms with van der Waals surface area (Å²) in [7, 11) is 0. The van der Waals surface area contributed by atoms with Crippen molar-refractivity contribution in [3.8, 4) is 0 Å². The number of nitrogens with zero attached hydrogens (tertiary/aromatic N) is 1. The predicted octanol–water partition coefficient (Wildman–Crippen LogP) is 8.43. The first-order valence-corrected chi connectivity index (χ1v) is 12.0. The van der Waals surface area contributed by atoms with Gasteiger partial charge in [0.05, 0.1) is 18.0 Å². The summed E-state index contributed by atoms with van der Waals surface area (Å²) in [5.74, 6) is -0.245. The molecule has 0 bridgehead atoms. The Morgan fingerprint density at radius 2 is 1.69 bits per heavy atom. The molecular weight excluding hydrogens is 431 g/mol. The van der Waals surface area contributed by atoms with Gasteiger partial charge in [-0.1, -0.05) is 73.7 Å². The van der Waals surface area contributed by atoms with Crippen molar-refractivity contribution in [3.63, 3.8) is 0 Å². The number of anilines is 1. The van der Waals surface area contributed by atoms with Crippen LogP contribution in [0.15, 0.2) is 114 Å². The largest absolute Gasteiger partial charge is 0.354 e. The van der Waals surface area contributed by atoms with E-state index >= 15 is 0 Å². The minimum atomic E-state index is -0.245. The van der Waals surface area contributed by atoms with Crippen LogP contribution in [0.5, 0.6) is 0 Å². The van der Waals surface area contributed by atoms with E-state index in [2.05, 4.69) is 74.6 Å². The van der Waals surface area contributed by atoms with Gasteiger partial charge in [0.1, 0.15) is 5.82 Å². The highest BCUT2D eigenvalue weighted by molar-refractivity contribution is 6.11. The molecule has 0 spiro atoms. The van der Waals surface area contributed by atoms with Crippen molar-refractivity contribution in [2.24, 2.45) is 4.99 Å². The number of nitrogens with one attached hydrogen (secondary N) is 1. The summed E-state index contributed by atoms with van der Waals surface area (Å²) >= 11 is 0. The first-order valence-electron chi connectivity index (χ1n) is 12.0. The lowest BCUT2D eigenvalue weighted by molar-refractivity contribution is 0.628. The number of aliphatic imine (C=N–C) groups is 1. The van der Waals surface area contributed by atoms with E-state index in [1.807, 2.05) is 37.3 Å². The van der Waals surface area contributed by atoms with E-state index in [9.17, 15) is 4.39 Å². The molecule has 3 aromatic rings. The molecule has 0 unspecified atom stereocenters. The molecule has 1 aliphatic rings. The Labute approximate surface area is 210 Å². The quantitative estimate of drug-likeness (QED) is 0.361. The zero-order chi connectivity index (χ0) is 25.6. The van der Waals surface area contributed by atoms with Crippen LogP contribution in [0.4, 0.5) is 10.1 Å². The Kier molecular flexibility index (Phi) is 11.4. The molecule has 1 aliphatic heterocycles. The predicted molar refractivity (Wildman–Crippen MR) is 151 cm³/mol. The summed E-state index contributed by atoms with van der Waals surface area (Å²) in [5, 5.41) is 3.10. The highest BCUT2D eigenvalue weighted by Crippen LogP contribution is 2.15. The summed E-state index contributed by atoms with van der Waals surface area (Å²) in [5.41, 5.74) is 9.21. The molecule has 35 heavy (non-hydrogen) atoms. The van der Waals surface area contributed by atoms with E-state index in [1.54, 1.807) is 12.1 Å². The lowest BCUT2D eigenvalue weighted by Crippen LogP contribution is -2.06. The molecule has 182 valence electrons. The van der Waals surface area contributed by atoms with Crippen LogP contribution in [-0.2, 0) is 12.8 Å². The first kappa shape index (κ1) is 27.5. The van der Waals surface area contributed by atoms with E-state index in [1.165, 1.54) is 40.0 Å². The third-order valence-corrected chi connectivity index (χ3v) is 5.44. The van der Waals surface area contributed by atoms with Crippen LogP contribution in [-0.4, -0.2) is 12.3 Å². The molecule has 0 saturated heterocycles. The number of halogens is 1. The Hall–Kier alpha value is -3.72. The van der Waals surface area contributed by atoms with Crippen LogP contribution in [0.2, 0.25) is 0 Å². The number of aryl methyl sites for hydroxylation is 3. The van der Waals surface area contributed by atoms with Crippen LogP contribution >= 0.6 is 0 Å². The van der Waals surface area contributed by atoms with Gasteiger partial charge in [0, 0.05) is 5.69 Å². The second-order valence-corrected chi connectivity index (χ2v) is 8.56. The standard InChI is InChI=1S/C13H13FN2.C10H14.C9H10/c1-9-7-13(15-8-9)10(2)16-12-5-3-11(14)4-6-12;1-4-10-7-8(2)5-6-9(10)3;1-2-6-9-7-4-3-5-8-9/h3-7,16H,2,8H2,1H3;5-7H,4H2,1-3H3;2-5,7-8H,1,6H2. The molecule has 0 aromatic heterocycles. The second kappa shape index (κ2) is 14.5. The highest BCUT2D eigenvalue weighted by Gasteiger charge is 2.08. The minimum Gasteiger partial charge on any atom is -0.354 e. The van der Waals surface area contributed by atoms with Gasteiger partial charge in [-0.25, -0.2) is 4.39 Å². The fourth-order valence-electron chi connectivity index (χ4n) is 3.45. The molecule has 3 heteroatoms. The summed E-state index contributed by atoms with van der Waals surface area (Å²) < 4.78 is 12.7. The maximum absolute atomic E-state index is 12.7. The Balaban J connectivity index is 0.000000197. The first-order chi connectivity index (χ1) is 16.8. The van der Waals surface area contributed by atoms with Crippen molar-refractivity contribution in [2.75, 3.05) is 11.9 Å². The van der Waals surface area contributed by atoms with E-state index in [4.69, 9.17) is 0 Å². The van der Waals surface area contributed by atoms with Gasteiger partial charge in [-0.15, -0.1) is 6.58 Å². The topological polar surface area (TPSA) is 24.4 Å². The molecular formula is C32H37FN2. The molecule has 0 fully saturated rings. The molecule has 3 aromatic carbocycles. The zero-order valence-electron chi connectivity index (χ0n) is 21.4. The average Bonchev–Trinajstić information content (AvgIpc) is 3.30. The van der Waals surface area contributed by atoms with Crippen molar-refractivity contribution in [3.05, 3.63) is 137 Å². The smallest absolute Gasteiger partial charge is 0.123 e. The van der Waals surface area contributed by atoms with Crippen molar-refractivity contribution in [1.29, 1.82) is 0 Å². The van der Waals surface area contributed by atoms with Crippen molar-refractivity contribution in [2.45, 2.75) is 40.5 Å². The van der Waals surface area contributed by atoms with Gasteiger partial charge in [0.2, 0.25) is 0 Å². The maximum Gasteiger partial charge on any atom is 0.123 e. The number of rotatable bonds is 6. The molecule has 0 aliphatic carbocycles. The normalized spacial score (nSPS) is 11.7. The monoisotopic (exact) mass is 468 g/mol. The summed E-state index contributed by atoms with van der Waals surface area (Å²) in [4.78, 5) is 4.32. The minimum absolute atomic E-state index is 0.245. The lowest BCUT2D eigenvalue weighted by Gasteiger charge is -2.07. The van der Waals surface area contributed by atoms with Gasteiger partial charge in [-0.05, 0) is 86.2 Å². The van der Waals surface area contributed by atoms with Gasteiger partial charge in [-0.3, -0.25) is 4.99 Å². The number of benzene rings is 3. The fourth-order valence-corrected chi connectivity index (χ4v) is 3.45. The molecule has 4 rings (SSSR count). The average molecular weight is 469 g/mol. The summed E-state index contributed by atoms with van der Waals surface area (Å²) in [6, 6.07) is 23.1. The third-order valence-electron chi connectivity index (χ3n) is 5.44. The van der Waals surface area contributed by atoms with Crippen LogP contribution in [0.25, 0.3) is 0 Å². The number of hydrogen-bond acceptors (Lipinski definition) is 2. The maximum atomic E-state index is 12.7. The number of hydrogen-bond donors (Lipinski definition) is 1. The van der Waals surface area contributed by atoms with Gasteiger partial charge in [-0.2, -0.15) is 0 Å². The van der Waals surface area contributed by atoms with Crippen molar-refractivity contribution < 1.29 is 4.39 Å². The third kappa shape index (κ3) is 9.97. The molecule has 0 atom stereocenters. The van der Waals surface area contributed by atoms with Gasteiger partial charge in [0.15, 0.2) is 0 Å². The van der Waals surface area contributed by atoms with E-state index in [-0.39, 0.29) is 5.82 Å². The molecule has 1 heterocycles. The number of allylic oxidation sites excluding steroid dienone is 2. The van der Waals surface area contributed by atoms with Gasteiger partial charge in [0.25, 0.3) is 0 Å². The Morgan fingerprint density at radius 1 is 1.00 bits per heavy atom. The van der Waals surface area contributed by atoms with E-state index < -0.39 is 0 Å². The Bertz CT molecular complexity index is 1160. The van der Waals surface area contributed by atoms with E-state index in [0.29, 0.717) is 0 Å². The SMILES string of the molecule is C=C(Nc1ccc(F)cc1)C1=NCC(C)=C1.C=CCc1ccccc1.CCc1cc(C)ccc1C. The van der Waals surface area contributed by atoms with Crippen molar-refractivity contribution in [1.82, 2.24) is 0 Å². The van der Waals surface area contributed by atoms with Gasteiger partial charge < -0.3 is 5.32 Å². The molecule has 1 N–H and O–H groups in total. The van der Waals surface area contributed by atoms with Gasteiger partial charge >= 0.3 is 0 Å². The highest BCUT2D eigenvalue weighted by atomic mass is 19.1.